The summed E-state index contributed by atoms with van der Waals surface area (Å²) in [7, 11) is 0. The summed E-state index contributed by atoms with van der Waals surface area (Å²) >= 11 is 0. The minimum absolute atomic E-state index is 0.0168. The van der Waals surface area contributed by atoms with Crippen LogP contribution in [0.25, 0.3) is 0 Å². The van der Waals surface area contributed by atoms with Crippen molar-refractivity contribution in [2.75, 3.05) is 13.2 Å². The van der Waals surface area contributed by atoms with Crippen molar-refractivity contribution in [3.05, 3.63) is 29.8 Å². The summed E-state index contributed by atoms with van der Waals surface area (Å²) in [6.45, 7) is 8.68. The molecule has 0 saturated heterocycles. The number of hydrogen-bond donors (Lipinski definition) is 2. The van der Waals surface area contributed by atoms with E-state index in [0.717, 1.165) is 5.75 Å². The van der Waals surface area contributed by atoms with Gasteiger partial charge >= 0.3 is 0 Å². The molecular weight excluding hydrogens is 268 g/mol. The van der Waals surface area contributed by atoms with Crippen molar-refractivity contribution in [1.29, 1.82) is 0 Å². The molecule has 5 heteroatoms. The van der Waals surface area contributed by atoms with Crippen LogP contribution < -0.4 is 15.4 Å². The Morgan fingerprint density at radius 2 is 1.76 bits per heavy atom. The molecule has 1 unspecified atom stereocenters. The van der Waals surface area contributed by atoms with Gasteiger partial charge in [0, 0.05) is 12.1 Å². The first-order valence-electron chi connectivity index (χ1n) is 7.31. The zero-order valence-electron chi connectivity index (χ0n) is 13.1. The van der Waals surface area contributed by atoms with E-state index in [1.165, 1.54) is 0 Å². The van der Waals surface area contributed by atoms with E-state index in [1.807, 2.05) is 27.7 Å². The zero-order chi connectivity index (χ0) is 15.8. The van der Waals surface area contributed by atoms with Crippen LogP contribution in [0, 0.1) is 5.92 Å². The average molecular weight is 292 g/mol. The molecular formula is C16H24N2O3. The number of benzene rings is 1. The molecule has 0 saturated carbocycles. The standard InChI is InChI=1S/C16H24N2O3/c1-5-17-16(20)14(11(3)4)18-15(19)12-7-9-13(10-8-12)21-6-2/h7-11,14H,5-6H2,1-4H3,(H,17,20)(H,18,19). The van der Waals surface area contributed by atoms with Crippen LogP contribution in [0.1, 0.15) is 38.1 Å². The largest absolute Gasteiger partial charge is 0.494 e. The van der Waals surface area contributed by atoms with Crippen LogP contribution >= 0.6 is 0 Å². The lowest BCUT2D eigenvalue weighted by Crippen LogP contribution is -2.49. The van der Waals surface area contributed by atoms with Crippen LogP contribution in [0.2, 0.25) is 0 Å². The summed E-state index contributed by atoms with van der Waals surface area (Å²) in [5.74, 6) is 0.316. The van der Waals surface area contributed by atoms with E-state index < -0.39 is 6.04 Å². The molecule has 1 atom stereocenters. The topological polar surface area (TPSA) is 67.4 Å². The fraction of sp³-hybridized carbons (Fsp3) is 0.500. The van der Waals surface area contributed by atoms with Crippen molar-refractivity contribution in [2.45, 2.75) is 33.7 Å². The van der Waals surface area contributed by atoms with E-state index in [9.17, 15) is 9.59 Å². The molecule has 0 spiro atoms. The number of amides is 2. The SMILES string of the molecule is CCNC(=O)C(NC(=O)c1ccc(OCC)cc1)C(C)C. The van der Waals surface area contributed by atoms with Gasteiger partial charge < -0.3 is 15.4 Å². The Labute approximate surface area is 126 Å². The van der Waals surface area contributed by atoms with Crippen molar-refractivity contribution < 1.29 is 14.3 Å². The summed E-state index contributed by atoms with van der Waals surface area (Å²) < 4.78 is 5.33. The van der Waals surface area contributed by atoms with E-state index in [-0.39, 0.29) is 17.7 Å². The second-order valence-corrected chi connectivity index (χ2v) is 5.05. The number of likely N-dealkylation sites (N-methyl/N-ethyl adjacent to an activating group) is 1. The van der Waals surface area contributed by atoms with Crippen LogP contribution in [-0.4, -0.2) is 31.0 Å². The lowest BCUT2D eigenvalue weighted by atomic mass is 10.0. The number of ether oxygens (including phenoxy) is 1. The first kappa shape index (κ1) is 17.0. The van der Waals surface area contributed by atoms with Crippen molar-refractivity contribution in [3.8, 4) is 5.75 Å². The zero-order valence-corrected chi connectivity index (χ0v) is 13.1. The summed E-state index contributed by atoms with van der Waals surface area (Å²) in [5.41, 5.74) is 0.508. The second-order valence-electron chi connectivity index (χ2n) is 5.05. The van der Waals surface area contributed by atoms with Gasteiger partial charge in [-0.3, -0.25) is 9.59 Å². The summed E-state index contributed by atoms with van der Waals surface area (Å²) in [6, 6.07) is 6.33. The molecule has 21 heavy (non-hydrogen) atoms. The summed E-state index contributed by atoms with van der Waals surface area (Å²) in [4.78, 5) is 24.2. The Balaban J connectivity index is 2.75. The number of carbonyl (C=O) groups is 2. The van der Waals surface area contributed by atoms with Crippen molar-refractivity contribution >= 4 is 11.8 Å². The van der Waals surface area contributed by atoms with Gasteiger partial charge in [-0.1, -0.05) is 13.8 Å². The number of rotatable bonds is 7. The lowest BCUT2D eigenvalue weighted by molar-refractivity contribution is -0.123. The highest BCUT2D eigenvalue weighted by atomic mass is 16.5. The monoisotopic (exact) mass is 292 g/mol. The molecule has 0 aliphatic carbocycles. The van der Waals surface area contributed by atoms with Crippen LogP contribution in [-0.2, 0) is 4.79 Å². The Morgan fingerprint density at radius 3 is 2.24 bits per heavy atom. The molecule has 1 aromatic carbocycles. The molecule has 2 amide bonds. The van der Waals surface area contributed by atoms with Gasteiger partial charge in [0.2, 0.25) is 5.91 Å². The molecule has 0 heterocycles. The molecule has 0 radical (unpaired) electrons. The van der Waals surface area contributed by atoms with Gasteiger partial charge in [0.25, 0.3) is 5.91 Å². The third kappa shape index (κ3) is 5.10. The van der Waals surface area contributed by atoms with Gasteiger partial charge in [0.15, 0.2) is 0 Å². The Bertz CT molecular complexity index is 469. The molecule has 1 rings (SSSR count). The molecule has 1 aromatic rings. The molecule has 2 N–H and O–H groups in total. The molecule has 0 aromatic heterocycles. The number of carbonyl (C=O) groups excluding carboxylic acids is 2. The molecule has 0 bridgehead atoms. The maximum absolute atomic E-state index is 12.2. The van der Waals surface area contributed by atoms with Crippen molar-refractivity contribution in [3.63, 3.8) is 0 Å². The van der Waals surface area contributed by atoms with Gasteiger partial charge in [0.05, 0.1) is 6.61 Å². The first-order chi connectivity index (χ1) is 9.99. The minimum Gasteiger partial charge on any atom is -0.494 e. The van der Waals surface area contributed by atoms with Gasteiger partial charge in [-0.25, -0.2) is 0 Å². The second kappa shape index (κ2) is 8.29. The van der Waals surface area contributed by atoms with E-state index in [2.05, 4.69) is 10.6 Å². The highest BCUT2D eigenvalue weighted by molar-refractivity contribution is 5.97. The predicted octanol–water partition coefficient (Wildman–Crippen LogP) is 1.98. The smallest absolute Gasteiger partial charge is 0.251 e. The van der Waals surface area contributed by atoms with Crippen molar-refractivity contribution in [1.82, 2.24) is 10.6 Å². The van der Waals surface area contributed by atoms with E-state index >= 15 is 0 Å². The normalized spacial score (nSPS) is 11.9. The third-order valence-corrected chi connectivity index (χ3v) is 3.01. The Hall–Kier alpha value is -2.04. The van der Waals surface area contributed by atoms with E-state index in [1.54, 1.807) is 24.3 Å². The van der Waals surface area contributed by atoms with Crippen LogP contribution in [0.4, 0.5) is 0 Å². The van der Waals surface area contributed by atoms with Gasteiger partial charge in [0.1, 0.15) is 11.8 Å². The Kier molecular flexibility index (Phi) is 6.72. The van der Waals surface area contributed by atoms with Crippen LogP contribution in [0.15, 0.2) is 24.3 Å². The maximum Gasteiger partial charge on any atom is 0.251 e. The maximum atomic E-state index is 12.2. The van der Waals surface area contributed by atoms with Gasteiger partial charge in [-0.2, -0.15) is 0 Å². The molecule has 0 aliphatic heterocycles. The van der Waals surface area contributed by atoms with Gasteiger partial charge in [-0.05, 0) is 44.0 Å². The lowest BCUT2D eigenvalue weighted by Gasteiger charge is -2.21. The van der Waals surface area contributed by atoms with E-state index in [4.69, 9.17) is 4.74 Å². The molecule has 5 nitrogen and oxygen atoms in total. The predicted molar refractivity (Wildman–Crippen MR) is 82.4 cm³/mol. The molecule has 0 aliphatic rings. The van der Waals surface area contributed by atoms with E-state index in [0.29, 0.717) is 18.7 Å². The van der Waals surface area contributed by atoms with Gasteiger partial charge in [-0.15, -0.1) is 0 Å². The fourth-order valence-electron chi connectivity index (χ4n) is 1.91. The number of hydrogen-bond acceptors (Lipinski definition) is 3. The van der Waals surface area contributed by atoms with Crippen molar-refractivity contribution in [2.24, 2.45) is 5.92 Å². The minimum atomic E-state index is -0.538. The summed E-state index contributed by atoms with van der Waals surface area (Å²) in [6.07, 6.45) is 0. The average Bonchev–Trinajstić information content (AvgIpc) is 2.45. The summed E-state index contributed by atoms with van der Waals surface area (Å²) in [5, 5.41) is 5.51. The highest BCUT2D eigenvalue weighted by Gasteiger charge is 2.23. The Morgan fingerprint density at radius 1 is 1.14 bits per heavy atom. The third-order valence-electron chi connectivity index (χ3n) is 3.01. The number of nitrogens with one attached hydrogen (secondary N) is 2. The quantitative estimate of drug-likeness (QED) is 0.807. The van der Waals surface area contributed by atoms with Crippen LogP contribution in [0.5, 0.6) is 5.75 Å². The molecule has 116 valence electrons. The molecule has 0 fully saturated rings. The first-order valence-corrected chi connectivity index (χ1v) is 7.31. The van der Waals surface area contributed by atoms with Crippen LogP contribution in [0.3, 0.4) is 0 Å². The highest BCUT2D eigenvalue weighted by Crippen LogP contribution is 2.12. The fourth-order valence-corrected chi connectivity index (χ4v) is 1.91.